The van der Waals surface area contributed by atoms with E-state index < -0.39 is 10.8 Å². The molecule has 1 fully saturated rings. The Morgan fingerprint density at radius 1 is 1.50 bits per heavy atom. The van der Waals surface area contributed by atoms with Gasteiger partial charge in [-0.25, -0.2) is 0 Å². The highest BCUT2D eigenvalue weighted by atomic mass is 32.2. The summed E-state index contributed by atoms with van der Waals surface area (Å²) in [4.78, 5) is 2.56. The van der Waals surface area contributed by atoms with Crippen molar-refractivity contribution in [2.45, 2.75) is 45.2 Å². The fourth-order valence-corrected chi connectivity index (χ4v) is 2.84. The Bertz CT molecular complexity index is 223. The quantitative estimate of drug-likeness (QED) is 0.809. The highest BCUT2D eigenvalue weighted by Crippen LogP contribution is 2.09. The number of hydrogen-bond donors (Lipinski definition) is 1. The summed E-state index contributed by atoms with van der Waals surface area (Å²) in [6, 6.07) is 1.21. The first-order valence-corrected chi connectivity index (χ1v) is 8.09. The molecule has 0 bridgehead atoms. The molecule has 0 spiro atoms. The van der Waals surface area contributed by atoms with Crippen LogP contribution in [0.15, 0.2) is 0 Å². The van der Waals surface area contributed by atoms with Crippen LogP contribution in [-0.2, 0) is 10.8 Å². The number of nitrogens with zero attached hydrogens (tertiary/aromatic N) is 1. The molecule has 1 N–H and O–H groups in total. The Kier molecular flexibility index (Phi) is 6.54. The SMILES string of the molecule is CC1CCN(C(C)CCS(C)=O)CCCN1. The molecular weight excluding hydrogens is 220 g/mol. The van der Waals surface area contributed by atoms with Gasteiger partial charge in [-0.1, -0.05) is 0 Å². The molecule has 1 aliphatic heterocycles. The summed E-state index contributed by atoms with van der Waals surface area (Å²) < 4.78 is 11.1. The molecule has 0 aromatic carbocycles. The molecule has 16 heavy (non-hydrogen) atoms. The van der Waals surface area contributed by atoms with Crippen molar-refractivity contribution in [1.82, 2.24) is 10.2 Å². The third-order valence-corrected chi connectivity index (χ3v) is 4.22. The molecule has 96 valence electrons. The molecule has 3 nitrogen and oxygen atoms in total. The van der Waals surface area contributed by atoms with Gasteiger partial charge >= 0.3 is 0 Å². The largest absolute Gasteiger partial charge is 0.314 e. The predicted octanol–water partition coefficient (Wildman–Crippen LogP) is 1.22. The third-order valence-electron chi connectivity index (χ3n) is 3.41. The second-order valence-electron chi connectivity index (χ2n) is 4.95. The second kappa shape index (κ2) is 7.41. The van der Waals surface area contributed by atoms with Crippen molar-refractivity contribution in [3.63, 3.8) is 0 Å². The van der Waals surface area contributed by atoms with Crippen molar-refractivity contribution in [3.8, 4) is 0 Å². The van der Waals surface area contributed by atoms with Crippen molar-refractivity contribution < 1.29 is 4.21 Å². The van der Waals surface area contributed by atoms with Crippen LogP contribution >= 0.6 is 0 Å². The highest BCUT2D eigenvalue weighted by molar-refractivity contribution is 7.84. The van der Waals surface area contributed by atoms with E-state index in [-0.39, 0.29) is 0 Å². The second-order valence-corrected chi connectivity index (χ2v) is 6.50. The van der Waals surface area contributed by atoms with Crippen LogP contribution < -0.4 is 5.32 Å². The van der Waals surface area contributed by atoms with Crippen LogP contribution in [-0.4, -0.2) is 52.8 Å². The standard InChI is InChI=1S/C12H26N2OS/c1-11-5-9-14(8-4-7-13-11)12(2)6-10-16(3)15/h11-13H,4-10H2,1-3H3. The first-order valence-electron chi connectivity index (χ1n) is 6.37. The topological polar surface area (TPSA) is 32.3 Å². The predicted molar refractivity (Wildman–Crippen MR) is 71.3 cm³/mol. The number of hydrogen-bond acceptors (Lipinski definition) is 3. The molecule has 4 heteroatoms. The van der Waals surface area contributed by atoms with E-state index in [2.05, 4.69) is 24.1 Å². The Morgan fingerprint density at radius 2 is 2.25 bits per heavy atom. The molecular formula is C12H26N2OS. The van der Waals surface area contributed by atoms with Gasteiger partial charge in [0.1, 0.15) is 0 Å². The molecule has 1 rings (SSSR count). The Hall–Kier alpha value is 0.0700. The first kappa shape index (κ1) is 14.1. The van der Waals surface area contributed by atoms with Crippen LogP contribution in [0, 0.1) is 0 Å². The van der Waals surface area contributed by atoms with E-state index in [1.165, 1.54) is 25.9 Å². The lowest BCUT2D eigenvalue weighted by Crippen LogP contribution is -2.42. The van der Waals surface area contributed by atoms with Gasteiger partial charge in [-0.2, -0.15) is 0 Å². The average molecular weight is 246 g/mol. The van der Waals surface area contributed by atoms with Crippen molar-refractivity contribution >= 4 is 10.8 Å². The zero-order valence-corrected chi connectivity index (χ0v) is 11.7. The molecule has 1 aliphatic rings. The van der Waals surface area contributed by atoms with Crippen LogP contribution in [0.4, 0.5) is 0 Å². The molecule has 3 atom stereocenters. The van der Waals surface area contributed by atoms with Crippen LogP contribution in [0.25, 0.3) is 0 Å². The maximum atomic E-state index is 11.1. The van der Waals surface area contributed by atoms with Crippen molar-refractivity contribution in [2.75, 3.05) is 31.6 Å². The first-order chi connectivity index (χ1) is 7.59. The summed E-state index contributed by atoms with van der Waals surface area (Å²) in [6.45, 7) is 8.01. The van der Waals surface area contributed by atoms with Crippen LogP contribution in [0.2, 0.25) is 0 Å². The summed E-state index contributed by atoms with van der Waals surface area (Å²) in [7, 11) is -0.644. The minimum absolute atomic E-state index is 0.578. The Labute approximate surface area is 102 Å². The smallest absolute Gasteiger partial charge is 0.0246 e. The normalized spacial score (nSPS) is 28.1. The maximum Gasteiger partial charge on any atom is 0.0246 e. The monoisotopic (exact) mass is 246 g/mol. The molecule has 0 saturated carbocycles. The Balaban J connectivity index is 2.34. The molecule has 1 heterocycles. The fourth-order valence-electron chi connectivity index (χ4n) is 2.16. The van der Waals surface area contributed by atoms with Gasteiger partial charge in [-0.15, -0.1) is 0 Å². The van der Waals surface area contributed by atoms with Gasteiger partial charge in [0.25, 0.3) is 0 Å². The van der Waals surface area contributed by atoms with E-state index in [4.69, 9.17) is 0 Å². The van der Waals surface area contributed by atoms with Gasteiger partial charge in [0.05, 0.1) is 0 Å². The van der Waals surface area contributed by atoms with Gasteiger partial charge in [-0.3, -0.25) is 4.21 Å². The lowest BCUT2D eigenvalue weighted by molar-refractivity contribution is 0.180. The molecule has 3 unspecified atom stereocenters. The van der Waals surface area contributed by atoms with Crippen LogP contribution in [0.3, 0.4) is 0 Å². The van der Waals surface area contributed by atoms with Gasteiger partial charge in [0.2, 0.25) is 0 Å². The summed E-state index contributed by atoms with van der Waals surface area (Å²) in [5, 5.41) is 3.52. The summed E-state index contributed by atoms with van der Waals surface area (Å²) >= 11 is 0. The van der Waals surface area contributed by atoms with E-state index in [1.807, 2.05) is 0 Å². The lowest BCUT2D eigenvalue weighted by atomic mass is 10.1. The van der Waals surface area contributed by atoms with Gasteiger partial charge < -0.3 is 10.2 Å². The number of nitrogens with one attached hydrogen (secondary N) is 1. The summed E-state index contributed by atoms with van der Waals surface area (Å²) in [5.41, 5.74) is 0. The van der Waals surface area contributed by atoms with E-state index >= 15 is 0 Å². The molecule has 0 amide bonds. The summed E-state index contributed by atoms with van der Waals surface area (Å²) in [5.74, 6) is 0.839. The van der Waals surface area contributed by atoms with Gasteiger partial charge in [-0.05, 0) is 52.7 Å². The molecule has 0 aliphatic carbocycles. The molecule has 0 aromatic heterocycles. The van der Waals surface area contributed by atoms with E-state index in [0.717, 1.165) is 18.7 Å². The minimum Gasteiger partial charge on any atom is -0.314 e. The minimum atomic E-state index is -0.644. The summed E-state index contributed by atoms with van der Waals surface area (Å²) in [6.07, 6.45) is 5.31. The van der Waals surface area contributed by atoms with E-state index in [0.29, 0.717) is 12.1 Å². The molecule has 1 saturated heterocycles. The van der Waals surface area contributed by atoms with E-state index in [9.17, 15) is 4.21 Å². The van der Waals surface area contributed by atoms with Crippen LogP contribution in [0.1, 0.15) is 33.1 Å². The van der Waals surface area contributed by atoms with Crippen molar-refractivity contribution in [1.29, 1.82) is 0 Å². The van der Waals surface area contributed by atoms with Crippen molar-refractivity contribution in [2.24, 2.45) is 0 Å². The van der Waals surface area contributed by atoms with E-state index in [1.54, 1.807) is 6.26 Å². The molecule has 0 radical (unpaired) electrons. The average Bonchev–Trinajstić information content (AvgIpc) is 2.21. The van der Waals surface area contributed by atoms with Gasteiger partial charge in [0.15, 0.2) is 0 Å². The fraction of sp³-hybridized carbons (Fsp3) is 1.00. The zero-order valence-electron chi connectivity index (χ0n) is 10.9. The lowest BCUT2D eigenvalue weighted by Gasteiger charge is -2.32. The zero-order chi connectivity index (χ0) is 12.0. The molecule has 0 aromatic rings. The highest BCUT2D eigenvalue weighted by Gasteiger charge is 2.16. The third kappa shape index (κ3) is 5.41. The number of rotatable bonds is 4. The van der Waals surface area contributed by atoms with Gasteiger partial charge in [0, 0.05) is 34.9 Å². The Morgan fingerprint density at radius 3 is 2.94 bits per heavy atom. The van der Waals surface area contributed by atoms with Crippen LogP contribution in [0.5, 0.6) is 0 Å². The van der Waals surface area contributed by atoms with Crippen molar-refractivity contribution in [3.05, 3.63) is 0 Å². The maximum absolute atomic E-state index is 11.1.